The van der Waals surface area contributed by atoms with Gasteiger partial charge in [0.25, 0.3) is 11.8 Å². The van der Waals surface area contributed by atoms with Crippen molar-refractivity contribution in [1.82, 2.24) is 20.3 Å². The minimum atomic E-state index is -3.53. The summed E-state index contributed by atoms with van der Waals surface area (Å²) in [6, 6.07) is 14.9. The number of nitrogens with zero attached hydrogens (tertiary/aromatic N) is 3. The normalized spacial score (nSPS) is 21.1. The first-order chi connectivity index (χ1) is 18.6. The van der Waals surface area contributed by atoms with Crippen molar-refractivity contribution in [2.24, 2.45) is 5.92 Å². The molecule has 1 aliphatic carbocycles. The van der Waals surface area contributed by atoms with Crippen LogP contribution in [0.25, 0.3) is 22.3 Å². The van der Waals surface area contributed by atoms with E-state index in [0.717, 1.165) is 5.39 Å². The highest BCUT2D eigenvalue weighted by Crippen LogP contribution is 2.60. The summed E-state index contributed by atoms with van der Waals surface area (Å²) in [5.74, 6) is -4.93. The molecule has 1 aromatic carbocycles. The average molecular weight is 551 g/mol. The highest BCUT2D eigenvalue weighted by Gasteiger charge is 2.66. The van der Waals surface area contributed by atoms with Crippen molar-refractivity contribution in [2.75, 3.05) is 12.4 Å². The monoisotopic (exact) mass is 550 g/mol. The van der Waals surface area contributed by atoms with E-state index in [2.05, 4.69) is 20.3 Å². The molecule has 1 saturated carbocycles. The maximum Gasteiger partial charge on any atom is 0.260 e. The van der Waals surface area contributed by atoms with Gasteiger partial charge in [0.15, 0.2) is 9.84 Å². The topological polar surface area (TPSA) is 111 Å². The first kappa shape index (κ1) is 25.4. The minimum absolute atomic E-state index is 0.0933. The Bertz CT molecular complexity index is 1730. The number of nitrogens with one attached hydrogen (secondary N) is 1. The van der Waals surface area contributed by atoms with Crippen LogP contribution in [0.15, 0.2) is 65.7 Å². The van der Waals surface area contributed by atoms with Crippen LogP contribution in [-0.2, 0) is 27.7 Å². The number of alkyl halides is 2. The van der Waals surface area contributed by atoms with Gasteiger partial charge in [-0.25, -0.2) is 22.2 Å². The van der Waals surface area contributed by atoms with Crippen molar-refractivity contribution in [3.8, 4) is 11.4 Å². The number of carbonyl (C=O) groups is 1. The Hall–Kier alpha value is -3.83. The van der Waals surface area contributed by atoms with E-state index in [-0.39, 0.29) is 36.0 Å². The summed E-state index contributed by atoms with van der Waals surface area (Å²) in [6.07, 6.45) is 1.64. The maximum absolute atomic E-state index is 13.9. The number of aromatic nitrogens is 3. The van der Waals surface area contributed by atoms with Gasteiger partial charge in [0.05, 0.1) is 64.6 Å². The summed E-state index contributed by atoms with van der Waals surface area (Å²) in [4.78, 5) is 26.4. The number of amides is 1. The molecule has 0 spiro atoms. The van der Waals surface area contributed by atoms with Crippen LogP contribution in [0, 0.1) is 5.92 Å². The molecule has 39 heavy (non-hydrogen) atoms. The molecule has 1 fully saturated rings. The number of hydrogen-bond acceptors (Lipinski definition) is 7. The van der Waals surface area contributed by atoms with Crippen LogP contribution in [0.5, 0.6) is 0 Å². The van der Waals surface area contributed by atoms with Crippen molar-refractivity contribution in [1.29, 1.82) is 0 Å². The first-order valence-corrected chi connectivity index (χ1v) is 14.1. The summed E-state index contributed by atoms with van der Waals surface area (Å²) in [6.45, 7) is 1.90. The Labute approximate surface area is 223 Å². The lowest BCUT2D eigenvalue weighted by Crippen LogP contribution is -2.23. The van der Waals surface area contributed by atoms with Crippen LogP contribution in [0.3, 0.4) is 0 Å². The Morgan fingerprint density at radius 1 is 1.10 bits per heavy atom. The van der Waals surface area contributed by atoms with E-state index in [9.17, 15) is 22.0 Å². The van der Waals surface area contributed by atoms with Crippen LogP contribution < -0.4 is 5.32 Å². The van der Waals surface area contributed by atoms with Gasteiger partial charge in [0.2, 0.25) is 0 Å². The van der Waals surface area contributed by atoms with Crippen LogP contribution in [0.1, 0.15) is 40.2 Å². The molecular weight excluding hydrogens is 526 g/mol. The molecule has 2 atom stereocenters. The Morgan fingerprint density at radius 3 is 2.69 bits per heavy atom. The van der Waals surface area contributed by atoms with Gasteiger partial charge < -0.3 is 10.1 Å². The average Bonchev–Trinajstić information content (AvgIpc) is 3.49. The molecule has 6 rings (SSSR count). The third-order valence-electron chi connectivity index (χ3n) is 7.24. The van der Waals surface area contributed by atoms with E-state index in [1.807, 2.05) is 6.07 Å². The van der Waals surface area contributed by atoms with Gasteiger partial charge in [-0.15, -0.1) is 0 Å². The third kappa shape index (κ3) is 4.76. The highest BCUT2D eigenvalue weighted by molar-refractivity contribution is 7.91. The second-order valence-electron chi connectivity index (χ2n) is 9.83. The van der Waals surface area contributed by atoms with Gasteiger partial charge in [-0.2, -0.15) is 0 Å². The second-order valence-corrected chi connectivity index (χ2v) is 11.9. The predicted octanol–water partition coefficient (Wildman–Crippen LogP) is 4.29. The summed E-state index contributed by atoms with van der Waals surface area (Å²) >= 11 is 0. The smallest absolute Gasteiger partial charge is 0.260 e. The standard InChI is InChI=1S/C28H24F2N4O4S/c1-16-26(28(16,29)30)23-4-2-3-21(33-23)22-8-7-18-13-31-20(12-24(18)34-22)14-32-27(35)17-5-6-19-15-38-9-10-39(36,37)25(19)11-17/h2-8,11-13,16,26H,9-10,14-15H2,1H3,(H,32,35)/t16-,26+/m1/s1. The number of sulfone groups is 1. The number of hydrogen-bond donors (Lipinski definition) is 1. The molecule has 4 aromatic rings. The molecule has 0 radical (unpaired) electrons. The fourth-order valence-corrected chi connectivity index (χ4v) is 6.23. The van der Waals surface area contributed by atoms with Crippen molar-refractivity contribution in [3.05, 3.63) is 83.3 Å². The van der Waals surface area contributed by atoms with E-state index < -0.39 is 33.5 Å². The van der Waals surface area contributed by atoms with Crippen molar-refractivity contribution in [3.63, 3.8) is 0 Å². The lowest BCUT2D eigenvalue weighted by molar-refractivity contribution is 0.0946. The molecule has 0 unspecified atom stereocenters. The summed E-state index contributed by atoms with van der Waals surface area (Å²) < 4.78 is 58.2. The number of rotatable bonds is 5. The van der Waals surface area contributed by atoms with Gasteiger partial charge in [-0.3, -0.25) is 14.8 Å². The van der Waals surface area contributed by atoms with Crippen LogP contribution >= 0.6 is 0 Å². The number of ether oxygens (including phenoxy) is 1. The van der Waals surface area contributed by atoms with Gasteiger partial charge in [0.1, 0.15) is 0 Å². The fourth-order valence-electron chi connectivity index (χ4n) is 4.84. The van der Waals surface area contributed by atoms with Gasteiger partial charge in [-0.05, 0) is 48.0 Å². The van der Waals surface area contributed by atoms with Crippen molar-refractivity contribution < 1.29 is 26.7 Å². The fraction of sp³-hybridized carbons (Fsp3) is 0.286. The molecule has 0 bridgehead atoms. The van der Waals surface area contributed by atoms with Crippen LogP contribution in [0.2, 0.25) is 0 Å². The maximum atomic E-state index is 13.9. The van der Waals surface area contributed by atoms with Gasteiger partial charge in [0, 0.05) is 23.1 Å². The molecule has 11 heteroatoms. The largest absolute Gasteiger partial charge is 0.376 e. The molecule has 1 aliphatic heterocycles. The SMILES string of the molecule is C[C@@H]1[C@@H](c2cccc(-c3ccc4cnc(CNC(=O)c5ccc6c(c5)S(=O)(=O)CCOC6)cc4n3)n2)C1(F)F. The predicted molar refractivity (Wildman–Crippen MR) is 139 cm³/mol. The van der Waals surface area contributed by atoms with Crippen LogP contribution in [-0.4, -0.2) is 47.6 Å². The Balaban J connectivity index is 1.20. The summed E-state index contributed by atoms with van der Waals surface area (Å²) in [5, 5.41) is 3.55. The van der Waals surface area contributed by atoms with Crippen molar-refractivity contribution >= 4 is 26.6 Å². The first-order valence-electron chi connectivity index (χ1n) is 12.5. The quantitative estimate of drug-likeness (QED) is 0.395. The van der Waals surface area contributed by atoms with Gasteiger partial charge >= 0.3 is 0 Å². The Morgan fingerprint density at radius 2 is 1.90 bits per heavy atom. The zero-order valence-corrected chi connectivity index (χ0v) is 21.7. The second kappa shape index (κ2) is 9.42. The molecule has 2 aliphatic rings. The highest BCUT2D eigenvalue weighted by atomic mass is 32.2. The summed E-state index contributed by atoms with van der Waals surface area (Å²) in [7, 11) is -3.53. The number of fused-ring (bicyclic) bond motifs is 2. The molecule has 200 valence electrons. The molecule has 8 nitrogen and oxygen atoms in total. The van der Waals surface area contributed by atoms with Gasteiger partial charge in [-0.1, -0.05) is 19.1 Å². The van der Waals surface area contributed by atoms with E-state index in [4.69, 9.17) is 4.74 Å². The van der Waals surface area contributed by atoms with Crippen LogP contribution in [0.4, 0.5) is 8.78 Å². The number of halogens is 2. The zero-order valence-electron chi connectivity index (χ0n) is 20.9. The molecular formula is C28H24F2N4O4S. The van der Waals surface area contributed by atoms with E-state index in [1.165, 1.54) is 13.0 Å². The Kier molecular flexibility index (Phi) is 6.15. The van der Waals surface area contributed by atoms with E-state index in [0.29, 0.717) is 33.9 Å². The third-order valence-corrected chi connectivity index (χ3v) is 9.00. The molecule has 1 N–H and O–H groups in total. The lowest BCUT2D eigenvalue weighted by Gasteiger charge is -2.10. The molecule has 1 amide bonds. The zero-order chi connectivity index (χ0) is 27.4. The van der Waals surface area contributed by atoms with E-state index in [1.54, 1.807) is 48.7 Å². The number of pyridine rings is 3. The number of carbonyl (C=O) groups excluding carboxylic acids is 1. The lowest BCUT2D eigenvalue weighted by atomic mass is 10.1. The minimum Gasteiger partial charge on any atom is -0.376 e. The molecule has 0 saturated heterocycles. The molecule has 3 aromatic heterocycles. The summed E-state index contributed by atoms with van der Waals surface area (Å²) in [5.41, 5.74) is 3.30. The number of benzene rings is 1. The van der Waals surface area contributed by atoms with E-state index >= 15 is 0 Å². The molecule has 4 heterocycles. The van der Waals surface area contributed by atoms with Crippen molar-refractivity contribution in [2.45, 2.75) is 36.8 Å².